The summed E-state index contributed by atoms with van der Waals surface area (Å²) in [5.41, 5.74) is 0.163. The Hall–Kier alpha value is 0.690. The number of rotatable bonds is 1. The Labute approximate surface area is 70.3 Å². The molecule has 1 saturated heterocycles. The highest BCUT2D eigenvalue weighted by Crippen LogP contribution is 2.29. The Morgan fingerprint density at radius 3 is 2.56 bits per heavy atom. The number of hydrogen-bond acceptors (Lipinski definition) is 1. The number of alkyl halides is 1. The molecule has 1 atom stereocenters. The van der Waals surface area contributed by atoms with E-state index in [1.54, 1.807) is 0 Å². The number of ether oxygens (including phenoxy) is 1. The van der Waals surface area contributed by atoms with Gasteiger partial charge < -0.3 is 4.74 Å². The largest absolute Gasteiger partial charge is 0.372 e. The molecule has 1 fully saturated rings. The Morgan fingerprint density at radius 2 is 2.33 bits per heavy atom. The lowest BCUT2D eigenvalue weighted by atomic mass is 10.1. The van der Waals surface area contributed by atoms with Crippen LogP contribution in [0.4, 0.5) is 0 Å². The summed E-state index contributed by atoms with van der Waals surface area (Å²) in [5, 5.41) is 0. The molecule has 0 N–H and O–H groups in total. The summed E-state index contributed by atoms with van der Waals surface area (Å²) in [6.07, 6.45) is 3.00. The molecule has 0 aliphatic carbocycles. The van der Waals surface area contributed by atoms with Gasteiger partial charge in [-0.25, -0.2) is 0 Å². The molecule has 0 aromatic rings. The van der Waals surface area contributed by atoms with E-state index in [1.807, 2.05) is 0 Å². The smallest absolute Gasteiger partial charge is 0.0672 e. The van der Waals surface area contributed by atoms with Crippen LogP contribution in [0.5, 0.6) is 0 Å². The van der Waals surface area contributed by atoms with E-state index in [-0.39, 0.29) is 5.60 Å². The van der Waals surface area contributed by atoms with Crippen molar-refractivity contribution >= 4 is 22.6 Å². The molecule has 1 heterocycles. The van der Waals surface area contributed by atoms with E-state index in [0.717, 1.165) is 4.43 Å². The summed E-state index contributed by atoms with van der Waals surface area (Å²) in [4.78, 5) is 0. The van der Waals surface area contributed by atoms with E-state index in [0.29, 0.717) is 6.10 Å². The first kappa shape index (κ1) is 7.79. The minimum absolute atomic E-state index is 0.163. The zero-order valence-corrected chi connectivity index (χ0v) is 8.14. The van der Waals surface area contributed by atoms with Crippen LogP contribution in [0.25, 0.3) is 0 Å². The van der Waals surface area contributed by atoms with Crippen LogP contribution >= 0.6 is 22.6 Å². The standard InChI is InChI=1S/C7H13IO/c1-7(2)4-3-6(5-8)9-7/h6H,3-5H2,1-2H3. The number of hydrogen-bond donors (Lipinski definition) is 0. The molecule has 0 aromatic heterocycles. The fourth-order valence-corrected chi connectivity index (χ4v) is 1.81. The minimum Gasteiger partial charge on any atom is -0.372 e. The minimum atomic E-state index is 0.163. The van der Waals surface area contributed by atoms with Gasteiger partial charge in [0.25, 0.3) is 0 Å². The second-order valence-electron chi connectivity index (χ2n) is 3.19. The summed E-state index contributed by atoms with van der Waals surface area (Å²) in [6, 6.07) is 0. The Bertz CT molecular complexity index is 101. The van der Waals surface area contributed by atoms with Gasteiger partial charge in [0.2, 0.25) is 0 Å². The molecule has 0 radical (unpaired) electrons. The van der Waals surface area contributed by atoms with Crippen molar-refractivity contribution in [3.8, 4) is 0 Å². The Morgan fingerprint density at radius 1 is 1.67 bits per heavy atom. The van der Waals surface area contributed by atoms with Crippen LogP contribution < -0.4 is 0 Å². The maximum absolute atomic E-state index is 5.69. The van der Waals surface area contributed by atoms with Crippen molar-refractivity contribution in [1.82, 2.24) is 0 Å². The van der Waals surface area contributed by atoms with Crippen LogP contribution in [-0.2, 0) is 4.74 Å². The molecule has 1 rings (SSSR count). The number of halogens is 1. The van der Waals surface area contributed by atoms with Gasteiger partial charge in [-0.1, -0.05) is 22.6 Å². The lowest BCUT2D eigenvalue weighted by Crippen LogP contribution is -2.20. The van der Waals surface area contributed by atoms with Gasteiger partial charge in [0.1, 0.15) is 0 Å². The average molecular weight is 240 g/mol. The third-order valence-corrected chi connectivity index (χ3v) is 2.71. The SMILES string of the molecule is CC1(C)CCC(CI)O1. The maximum Gasteiger partial charge on any atom is 0.0672 e. The van der Waals surface area contributed by atoms with Gasteiger partial charge >= 0.3 is 0 Å². The summed E-state index contributed by atoms with van der Waals surface area (Å²) in [7, 11) is 0. The van der Waals surface area contributed by atoms with E-state index in [1.165, 1.54) is 12.8 Å². The lowest BCUT2D eigenvalue weighted by Gasteiger charge is -2.17. The molecule has 1 aliphatic heterocycles. The predicted molar refractivity (Wildman–Crippen MR) is 47.1 cm³/mol. The first-order valence-electron chi connectivity index (χ1n) is 3.38. The molecule has 1 unspecified atom stereocenters. The van der Waals surface area contributed by atoms with Crippen LogP contribution in [0.15, 0.2) is 0 Å². The van der Waals surface area contributed by atoms with Gasteiger partial charge in [-0.2, -0.15) is 0 Å². The van der Waals surface area contributed by atoms with E-state index in [2.05, 4.69) is 36.4 Å². The van der Waals surface area contributed by atoms with Crippen molar-refractivity contribution in [2.24, 2.45) is 0 Å². The van der Waals surface area contributed by atoms with Crippen molar-refractivity contribution < 1.29 is 4.74 Å². The molecular formula is C7H13IO. The van der Waals surface area contributed by atoms with Crippen LogP contribution in [0.1, 0.15) is 26.7 Å². The molecule has 1 aliphatic rings. The third-order valence-electron chi connectivity index (χ3n) is 1.73. The van der Waals surface area contributed by atoms with Gasteiger partial charge in [0.05, 0.1) is 11.7 Å². The molecule has 54 valence electrons. The van der Waals surface area contributed by atoms with E-state index in [9.17, 15) is 0 Å². The highest BCUT2D eigenvalue weighted by Gasteiger charge is 2.30. The molecule has 0 bridgehead atoms. The van der Waals surface area contributed by atoms with E-state index < -0.39 is 0 Å². The monoisotopic (exact) mass is 240 g/mol. The zero-order chi connectivity index (χ0) is 6.91. The normalized spacial score (nSPS) is 33.0. The molecule has 0 spiro atoms. The first-order chi connectivity index (χ1) is 4.14. The first-order valence-corrected chi connectivity index (χ1v) is 4.90. The molecule has 0 amide bonds. The average Bonchev–Trinajstić information content (AvgIpc) is 2.10. The fourth-order valence-electron chi connectivity index (χ4n) is 1.19. The Balaban J connectivity index is 2.38. The topological polar surface area (TPSA) is 9.23 Å². The molecule has 2 heteroatoms. The van der Waals surface area contributed by atoms with Crippen LogP contribution in [0.2, 0.25) is 0 Å². The van der Waals surface area contributed by atoms with Gasteiger partial charge in [0, 0.05) is 4.43 Å². The van der Waals surface area contributed by atoms with E-state index in [4.69, 9.17) is 4.74 Å². The van der Waals surface area contributed by atoms with Crippen molar-refractivity contribution in [3.05, 3.63) is 0 Å². The van der Waals surface area contributed by atoms with Crippen molar-refractivity contribution in [2.75, 3.05) is 4.43 Å². The van der Waals surface area contributed by atoms with Crippen LogP contribution in [0.3, 0.4) is 0 Å². The Kier molecular flexibility index (Phi) is 2.37. The quantitative estimate of drug-likeness (QED) is 0.505. The molecule has 1 nitrogen and oxygen atoms in total. The van der Waals surface area contributed by atoms with Crippen LogP contribution in [0, 0.1) is 0 Å². The second-order valence-corrected chi connectivity index (χ2v) is 4.07. The van der Waals surface area contributed by atoms with E-state index >= 15 is 0 Å². The van der Waals surface area contributed by atoms with Crippen molar-refractivity contribution in [1.29, 1.82) is 0 Å². The molecular weight excluding hydrogens is 227 g/mol. The molecule has 0 saturated carbocycles. The van der Waals surface area contributed by atoms with Crippen LogP contribution in [-0.4, -0.2) is 16.1 Å². The molecule has 0 aromatic carbocycles. The highest BCUT2D eigenvalue weighted by molar-refractivity contribution is 14.1. The summed E-state index contributed by atoms with van der Waals surface area (Å²) in [5.74, 6) is 0. The predicted octanol–water partition coefficient (Wildman–Crippen LogP) is 2.38. The van der Waals surface area contributed by atoms with Gasteiger partial charge in [-0.15, -0.1) is 0 Å². The lowest BCUT2D eigenvalue weighted by molar-refractivity contribution is -0.00348. The van der Waals surface area contributed by atoms with Gasteiger partial charge in [-0.3, -0.25) is 0 Å². The second kappa shape index (κ2) is 2.74. The third kappa shape index (κ3) is 2.08. The fraction of sp³-hybridized carbons (Fsp3) is 1.00. The molecule has 9 heavy (non-hydrogen) atoms. The summed E-state index contributed by atoms with van der Waals surface area (Å²) >= 11 is 2.38. The summed E-state index contributed by atoms with van der Waals surface area (Å²) in [6.45, 7) is 4.33. The maximum atomic E-state index is 5.69. The van der Waals surface area contributed by atoms with Gasteiger partial charge in [-0.05, 0) is 26.7 Å². The summed E-state index contributed by atoms with van der Waals surface area (Å²) < 4.78 is 6.83. The van der Waals surface area contributed by atoms with Crippen molar-refractivity contribution in [3.63, 3.8) is 0 Å². The van der Waals surface area contributed by atoms with Gasteiger partial charge in [0.15, 0.2) is 0 Å². The highest BCUT2D eigenvalue weighted by atomic mass is 127. The van der Waals surface area contributed by atoms with Crippen molar-refractivity contribution in [2.45, 2.75) is 38.4 Å². The zero-order valence-electron chi connectivity index (χ0n) is 5.98.